The lowest BCUT2D eigenvalue weighted by Gasteiger charge is -2.16. The number of aromatic nitrogens is 2. The van der Waals surface area contributed by atoms with Gasteiger partial charge in [0.05, 0.1) is 5.92 Å². The maximum Gasteiger partial charge on any atom is 0.232 e. The van der Waals surface area contributed by atoms with E-state index in [2.05, 4.69) is 10.1 Å². The summed E-state index contributed by atoms with van der Waals surface area (Å²) in [6, 6.07) is 16.0. The van der Waals surface area contributed by atoms with E-state index < -0.39 is 0 Å². The van der Waals surface area contributed by atoms with Gasteiger partial charge in [0, 0.05) is 29.1 Å². The quantitative estimate of drug-likeness (QED) is 0.646. The van der Waals surface area contributed by atoms with Gasteiger partial charge in [-0.3, -0.25) is 4.79 Å². The molecule has 132 valence electrons. The van der Waals surface area contributed by atoms with Crippen molar-refractivity contribution in [3.05, 3.63) is 60.0 Å². The fourth-order valence-corrected chi connectivity index (χ4v) is 3.59. The minimum atomic E-state index is -0.0743. The molecule has 1 saturated heterocycles. The molecule has 1 aliphatic rings. The molecule has 2 aromatic carbocycles. The van der Waals surface area contributed by atoms with Crippen LogP contribution in [0.1, 0.15) is 23.8 Å². The van der Waals surface area contributed by atoms with Crippen LogP contribution < -0.4 is 4.90 Å². The van der Waals surface area contributed by atoms with Gasteiger partial charge in [-0.25, -0.2) is 0 Å². The number of carbonyl (C=O) groups excluding carboxylic acids is 1. The van der Waals surface area contributed by atoms with E-state index in [1.165, 1.54) is 4.90 Å². The molecule has 2 heterocycles. The SMILES string of the molecule is CSc1ccc(-c2noc(C3CC(=O)N(c4cccc(C)c4)C3)n2)cc1. The molecule has 0 aliphatic carbocycles. The Labute approximate surface area is 156 Å². The van der Waals surface area contributed by atoms with Crippen LogP contribution in [0.2, 0.25) is 0 Å². The molecule has 0 N–H and O–H groups in total. The molecule has 1 aliphatic heterocycles. The lowest BCUT2D eigenvalue weighted by molar-refractivity contribution is -0.117. The summed E-state index contributed by atoms with van der Waals surface area (Å²) in [4.78, 5) is 20.0. The Morgan fingerprint density at radius 1 is 1.19 bits per heavy atom. The molecule has 5 nitrogen and oxygen atoms in total. The third kappa shape index (κ3) is 3.24. The van der Waals surface area contributed by atoms with Crippen molar-refractivity contribution in [1.82, 2.24) is 10.1 Å². The van der Waals surface area contributed by atoms with E-state index in [0.29, 0.717) is 24.7 Å². The topological polar surface area (TPSA) is 59.2 Å². The summed E-state index contributed by atoms with van der Waals surface area (Å²) in [6.45, 7) is 2.59. The van der Waals surface area contributed by atoms with Crippen LogP contribution >= 0.6 is 11.8 Å². The minimum absolute atomic E-state index is 0.0743. The summed E-state index contributed by atoms with van der Waals surface area (Å²) in [5.41, 5.74) is 2.97. The number of carbonyl (C=O) groups is 1. The number of anilines is 1. The molecule has 4 rings (SSSR count). The van der Waals surface area contributed by atoms with E-state index in [9.17, 15) is 4.79 Å². The monoisotopic (exact) mass is 365 g/mol. The second-order valence-corrected chi connectivity index (χ2v) is 7.31. The molecule has 0 bridgehead atoms. The number of benzene rings is 2. The summed E-state index contributed by atoms with van der Waals surface area (Å²) in [5, 5.41) is 4.10. The van der Waals surface area contributed by atoms with Gasteiger partial charge in [-0.15, -0.1) is 11.8 Å². The number of rotatable bonds is 4. The van der Waals surface area contributed by atoms with Crippen LogP contribution in [-0.2, 0) is 4.79 Å². The number of hydrogen-bond donors (Lipinski definition) is 0. The van der Waals surface area contributed by atoms with Crippen LogP contribution in [0, 0.1) is 6.92 Å². The van der Waals surface area contributed by atoms with Crippen LogP contribution in [0.15, 0.2) is 57.9 Å². The number of nitrogens with zero attached hydrogens (tertiary/aromatic N) is 3. The largest absolute Gasteiger partial charge is 0.339 e. The van der Waals surface area contributed by atoms with Crippen molar-refractivity contribution < 1.29 is 9.32 Å². The highest BCUT2D eigenvalue weighted by Gasteiger charge is 2.35. The Morgan fingerprint density at radius 2 is 2.00 bits per heavy atom. The molecular weight excluding hydrogens is 346 g/mol. The summed E-state index contributed by atoms with van der Waals surface area (Å²) >= 11 is 1.69. The average molecular weight is 365 g/mol. The van der Waals surface area contributed by atoms with Gasteiger partial charge < -0.3 is 9.42 Å². The van der Waals surface area contributed by atoms with Crippen molar-refractivity contribution in [2.45, 2.75) is 24.2 Å². The first-order valence-corrected chi connectivity index (χ1v) is 9.71. The minimum Gasteiger partial charge on any atom is -0.339 e. The zero-order valence-corrected chi connectivity index (χ0v) is 15.5. The van der Waals surface area contributed by atoms with E-state index in [1.807, 2.05) is 61.7 Å². The van der Waals surface area contributed by atoms with Crippen molar-refractivity contribution in [2.75, 3.05) is 17.7 Å². The second-order valence-electron chi connectivity index (χ2n) is 6.43. The summed E-state index contributed by atoms with van der Waals surface area (Å²) in [7, 11) is 0. The smallest absolute Gasteiger partial charge is 0.232 e. The zero-order chi connectivity index (χ0) is 18.1. The van der Waals surface area contributed by atoms with Crippen LogP contribution in [0.4, 0.5) is 5.69 Å². The van der Waals surface area contributed by atoms with Crippen molar-refractivity contribution in [2.24, 2.45) is 0 Å². The Balaban J connectivity index is 1.53. The predicted octanol–water partition coefficient (Wildman–Crippen LogP) is 4.29. The molecule has 0 spiro atoms. The molecule has 1 aromatic heterocycles. The summed E-state index contributed by atoms with van der Waals surface area (Å²) < 4.78 is 5.47. The van der Waals surface area contributed by atoms with Gasteiger partial charge >= 0.3 is 0 Å². The Hall–Kier alpha value is -2.60. The number of thioether (sulfide) groups is 1. The van der Waals surface area contributed by atoms with Crippen LogP contribution in [-0.4, -0.2) is 28.8 Å². The summed E-state index contributed by atoms with van der Waals surface area (Å²) in [6.07, 6.45) is 2.43. The second kappa shape index (κ2) is 6.96. The van der Waals surface area contributed by atoms with Crippen molar-refractivity contribution in [3.63, 3.8) is 0 Å². The third-order valence-corrected chi connectivity index (χ3v) is 5.32. The molecule has 1 fully saturated rings. The molecule has 1 unspecified atom stereocenters. The van der Waals surface area contributed by atoms with E-state index in [-0.39, 0.29) is 11.8 Å². The standard InChI is InChI=1S/C20H19N3O2S/c1-13-4-3-5-16(10-13)23-12-15(11-18(23)24)20-21-19(22-25-20)14-6-8-17(26-2)9-7-14/h3-10,15H,11-12H2,1-2H3. The maximum atomic E-state index is 12.5. The van der Waals surface area contributed by atoms with Crippen molar-refractivity contribution in [3.8, 4) is 11.4 Å². The van der Waals surface area contributed by atoms with Gasteiger partial charge in [-0.05, 0) is 55.1 Å². The van der Waals surface area contributed by atoms with Crippen molar-refractivity contribution >= 4 is 23.4 Å². The van der Waals surface area contributed by atoms with Gasteiger partial charge in [-0.2, -0.15) is 4.98 Å². The van der Waals surface area contributed by atoms with Gasteiger partial charge in [-0.1, -0.05) is 17.3 Å². The first kappa shape index (κ1) is 16.8. The highest BCUT2D eigenvalue weighted by molar-refractivity contribution is 7.98. The molecule has 6 heteroatoms. The highest BCUT2D eigenvalue weighted by atomic mass is 32.2. The molecule has 3 aromatic rings. The Bertz CT molecular complexity index is 936. The lowest BCUT2D eigenvalue weighted by atomic mass is 10.1. The first-order chi connectivity index (χ1) is 12.6. The van der Waals surface area contributed by atoms with Crippen LogP contribution in [0.3, 0.4) is 0 Å². The van der Waals surface area contributed by atoms with E-state index in [4.69, 9.17) is 4.52 Å². The normalized spacial score (nSPS) is 17.1. The fraction of sp³-hybridized carbons (Fsp3) is 0.250. The third-order valence-electron chi connectivity index (χ3n) is 4.58. The molecule has 26 heavy (non-hydrogen) atoms. The fourth-order valence-electron chi connectivity index (χ4n) is 3.18. The van der Waals surface area contributed by atoms with E-state index in [1.54, 1.807) is 16.7 Å². The lowest BCUT2D eigenvalue weighted by Crippen LogP contribution is -2.24. The Kier molecular flexibility index (Phi) is 4.51. The van der Waals surface area contributed by atoms with Crippen LogP contribution in [0.25, 0.3) is 11.4 Å². The number of hydrogen-bond acceptors (Lipinski definition) is 5. The van der Waals surface area contributed by atoms with E-state index >= 15 is 0 Å². The van der Waals surface area contributed by atoms with E-state index in [0.717, 1.165) is 16.8 Å². The zero-order valence-electron chi connectivity index (χ0n) is 14.7. The molecule has 0 radical (unpaired) electrons. The molecule has 1 atom stereocenters. The highest BCUT2D eigenvalue weighted by Crippen LogP contribution is 2.32. The average Bonchev–Trinajstić information content (AvgIpc) is 3.29. The number of aryl methyl sites for hydroxylation is 1. The summed E-state index contributed by atoms with van der Waals surface area (Å²) in [5.74, 6) is 1.10. The molecule has 0 saturated carbocycles. The number of amides is 1. The Morgan fingerprint density at radius 3 is 2.73 bits per heavy atom. The van der Waals surface area contributed by atoms with Gasteiger partial charge in [0.2, 0.25) is 17.6 Å². The first-order valence-electron chi connectivity index (χ1n) is 8.49. The van der Waals surface area contributed by atoms with Gasteiger partial charge in [0.1, 0.15) is 0 Å². The van der Waals surface area contributed by atoms with Gasteiger partial charge in [0.15, 0.2) is 0 Å². The maximum absolute atomic E-state index is 12.5. The van der Waals surface area contributed by atoms with Crippen LogP contribution in [0.5, 0.6) is 0 Å². The van der Waals surface area contributed by atoms with Gasteiger partial charge in [0.25, 0.3) is 0 Å². The molecular formula is C20H19N3O2S. The predicted molar refractivity (Wildman–Crippen MR) is 102 cm³/mol. The molecule has 1 amide bonds. The van der Waals surface area contributed by atoms with Crippen molar-refractivity contribution in [1.29, 1.82) is 0 Å².